The van der Waals surface area contributed by atoms with E-state index in [1.54, 1.807) is 0 Å². The summed E-state index contributed by atoms with van der Waals surface area (Å²) < 4.78 is 0. The quantitative estimate of drug-likeness (QED) is 0.844. The molecule has 0 spiro atoms. The number of carboxylic acids is 1. The molecule has 16 heavy (non-hydrogen) atoms. The molecule has 1 heterocycles. The lowest BCUT2D eigenvalue weighted by molar-refractivity contribution is 0.0690. The molecule has 1 rings (SSSR count). The summed E-state index contributed by atoms with van der Waals surface area (Å²) in [6, 6.07) is 0. The standard InChI is InChI=1S/C11H17N3O2/c1-11(2,3)7-14(4)9-6-12-8(5-13-9)10(15)16/h5-6H,7H2,1-4H3,(H,15,16). The zero-order valence-corrected chi connectivity index (χ0v) is 10.1. The molecule has 0 amide bonds. The highest BCUT2D eigenvalue weighted by atomic mass is 16.4. The van der Waals surface area contributed by atoms with Crippen LogP contribution in [0.5, 0.6) is 0 Å². The molecule has 0 unspecified atom stereocenters. The Morgan fingerprint density at radius 2 is 2.00 bits per heavy atom. The topological polar surface area (TPSA) is 66.3 Å². The second kappa shape index (κ2) is 4.47. The molecule has 0 aliphatic rings. The number of anilines is 1. The van der Waals surface area contributed by atoms with Crippen LogP contribution in [-0.2, 0) is 0 Å². The van der Waals surface area contributed by atoms with Gasteiger partial charge in [0.05, 0.1) is 12.4 Å². The average molecular weight is 223 g/mol. The number of hydrogen-bond acceptors (Lipinski definition) is 4. The second-order valence-electron chi connectivity index (χ2n) is 4.98. The van der Waals surface area contributed by atoms with Crippen LogP contribution in [0.4, 0.5) is 5.82 Å². The van der Waals surface area contributed by atoms with Crippen molar-refractivity contribution in [3.8, 4) is 0 Å². The van der Waals surface area contributed by atoms with E-state index in [2.05, 4.69) is 30.7 Å². The molecule has 0 bridgehead atoms. The summed E-state index contributed by atoms with van der Waals surface area (Å²) in [6.07, 6.45) is 2.76. The fourth-order valence-electron chi connectivity index (χ4n) is 1.42. The summed E-state index contributed by atoms with van der Waals surface area (Å²) in [5.74, 6) is -0.377. The Kier molecular flexibility index (Phi) is 3.47. The molecular formula is C11H17N3O2. The highest BCUT2D eigenvalue weighted by Crippen LogP contribution is 2.17. The van der Waals surface area contributed by atoms with Gasteiger partial charge in [-0.1, -0.05) is 20.8 Å². The lowest BCUT2D eigenvalue weighted by atomic mass is 9.96. The first-order chi connectivity index (χ1) is 7.29. The van der Waals surface area contributed by atoms with Crippen molar-refractivity contribution < 1.29 is 9.90 Å². The van der Waals surface area contributed by atoms with E-state index in [-0.39, 0.29) is 11.1 Å². The zero-order chi connectivity index (χ0) is 12.3. The van der Waals surface area contributed by atoms with Gasteiger partial charge in [0, 0.05) is 13.6 Å². The van der Waals surface area contributed by atoms with Gasteiger partial charge >= 0.3 is 5.97 Å². The Morgan fingerprint density at radius 3 is 2.38 bits per heavy atom. The van der Waals surface area contributed by atoms with Crippen molar-refractivity contribution in [2.75, 3.05) is 18.5 Å². The summed E-state index contributed by atoms with van der Waals surface area (Å²) in [5, 5.41) is 8.68. The summed E-state index contributed by atoms with van der Waals surface area (Å²) in [6.45, 7) is 7.21. The lowest BCUT2D eigenvalue weighted by Gasteiger charge is -2.27. The van der Waals surface area contributed by atoms with Gasteiger partial charge in [-0.2, -0.15) is 0 Å². The van der Waals surface area contributed by atoms with E-state index in [4.69, 9.17) is 5.11 Å². The molecular weight excluding hydrogens is 206 g/mol. The maximum Gasteiger partial charge on any atom is 0.356 e. The molecule has 1 aromatic rings. The summed E-state index contributed by atoms with van der Waals surface area (Å²) >= 11 is 0. The normalized spacial score (nSPS) is 11.2. The van der Waals surface area contributed by atoms with Crippen LogP contribution in [0.2, 0.25) is 0 Å². The molecule has 1 N–H and O–H groups in total. The Labute approximate surface area is 95.1 Å². The number of aromatic carboxylic acids is 1. The van der Waals surface area contributed by atoms with Gasteiger partial charge < -0.3 is 10.0 Å². The number of hydrogen-bond donors (Lipinski definition) is 1. The van der Waals surface area contributed by atoms with Gasteiger partial charge in [0.25, 0.3) is 0 Å². The van der Waals surface area contributed by atoms with Crippen LogP contribution in [0.1, 0.15) is 31.3 Å². The molecule has 5 nitrogen and oxygen atoms in total. The minimum absolute atomic E-state index is 0.0343. The van der Waals surface area contributed by atoms with E-state index in [0.29, 0.717) is 5.82 Å². The first-order valence-electron chi connectivity index (χ1n) is 5.06. The molecule has 0 aromatic carbocycles. The number of nitrogens with zero attached hydrogens (tertiary/aromatic N) is 3. The third kappa shape index (κ3) is 3.49. The van der Waals surface area contributed by atoms with Crippen molar-refractivity contribution in [2.45, 2.75) is 20.8 Å². The second-order valence-corrected chi connectivity index (χ2v) is 4.98. The van der Waals surface area contributed by atoms with Crippen molar-refractivity contribution in [1.29, 1.82) is 0 Å². The van der Waals surface area contributed by atoms with Crippen LogP contribution < -0.4 is 4.90 Å². The van der Waals surface area contributed by atoms with E-state index < -0.39 is 5.97 Å². The van der Waals surface area contributed by atoms with Gasteiger partial charge in [-0.05, 0) is 5.41 Å². The summed E-state index contributed by atoms with van der Waals surface area (Å²) in [5.41, 5.74) is 0.120. The average Bonchev–Trinajstić information content (AvgIpc) is 2.15. The van der Waals surface area contributed by atoms with Crippen molar-refractivity contribution in [3.63, 3.8) is 0 Å². The highest BCUT2D eigenvalue weighted by Gasteiger charge is 2.15. The molecule has 1 aromatic heterocycles. The van der Waals surface area contributed by atoms with Crippen molar-refractivity contribution in [3.05, 3.63) is 18.1 Å². The SMILES string of the molecule is CN(CC(C)(C)C)c1cnc(C(=O)O)cn1. The van der Waals surface area contributed by atoms with Gasteiger partial charge in [-0.3, -0.25) is 0 Å². The Hall–Kier alpha value is -1.65. The van der Waals surface area contributed by atoms with Crippen molar-refractivity contribution in [2.24, 2.45) is 5.41 Å². The first-order valence-corrected chi connectivity index (χ1v) is 5.06. The predicted octanol–water partition coefficient (Wildman–Crippen LogP) is 1.66. The van der Waals surface area contributed by atoms with Gasteiger partial charge in [0.15, 0.2) is 5.69 Å². The van der Waals surface area contributed by atoms with E-state index in [9.17, 15) is 4.79 Å². The summed E-state index contributed by atoms with van der Waals surface area (Å²) in [7, 11) is 1.91. The monoisotopic (exact) mass is 223 g/mol. The molecule has 0 saturated carbocycles. The van der Waals surface area contributed by atoms with Gasteiger partial charge in [0.2, 0.25) is 0 Å². The maximum absolute atomic E-state index is 10.6. The van der Waals surface area contributed by atoms with Gasteiger partial charge in [-0.25, -0.2) is 14.8 Å². The molecule has 0 atom stereocenters. The van der Waals surface area contributed by atoms with Crippen molar-refractivity contribution >= 4 is 11.8 Å². The number of aromatic nitrogens is 2. The largest absolute Gasteiger partial charge is 0.476 e. The molecule has 0 saturated heterocycles. The predicted molar refractivity (Wildman–Crippen MR) is 61.7 cm³/mol. The van der Waals surface area contributed by atoms with E-state index >= 15 is 0 Å². The molecule has 5 heteroatoms. The third-order valence-corrected chi connectivity index (χ3v) is 1.96. The Bertz CT molecular complexity index is 368. The van der Waals surface area contributed by atoms with Crippen LogP contribution in [0.25, 0.3) is 0 Å². The number of rotatable bonds is 3. The fraction of sp³-hybridized carbons (Fsp3) is 0.545. The van der Waals surface area contributed by atoms with Crippen LogP contribution in [0.15, 0.2) is 12.4 Å². The molecule has 0 radical (unpaired) electrons. The third-order valence-electron chi connectivity index (χ3n) is 1.96. The smallest absolute Gasteiger partial charge is 0.356 e. The molecule has 0 aliphatic heterocycles. The zero-order valence-electron chi connectivity index (χ0n) is 10.1. The Morgan fingerprint density at radius 1 is 1.38 bits per heavy atom. The highest BCUT2D eigenvalue weighted by molar-refractivity contribution is 5.84. The van der Waals surface area contributed by atoms with Gasteiger partial charge in [0.1, 0.15) is 5.82 Å². The molecule has 88 valence electrons. The molecule has 0 aliphatic carbocycles. The van der Waals surface area contributed by atoms with Crippen LogP contribution in [0.3, 0.4) is 0 Å². The van der Waals surface area contributed by atoms with Crippen LogP contribution in [-0.4, -0.2) is 34.6 Å². The lowest BCUT2D eigenvalue weighted by Crippen LogP contribution is -2.29. The fourth-order valence-corrected chi connectivity index (χ4v) is 1.42. The van der Waals surface area contributed by atoms with E-state index in [1.165, 1.54) is 12.4 Å². The molecule has 0 fully saturated rings. The maximum atomic E-state index is 10.6. The van der Waals surface area contributed by atoms with Crippen LogP contribution >= 0.6 is 0 Å². The van der Waals surface area contributed by atoms with Gasteiger partial charge in [-0.15, -0.1) is 0 Å². The van der Waals surface area contributed by atoms with E-state index in [0.717, 1.165) is 6.54 Å². The van der Waals surface area contributed by atoms with Crippen LogP contribution in [0, 0.1) is 5.41 Å². The van der Waals surface area contributed by atoms with Crippen molar-refractivity contribution in [1.82, 2.24) is 9.97 Å². The number of carbonyl (C=O) groups is 1. The minimum Gasteiger partial charge on any atom is -0.476 e. The number of carboxylic acid groups (broad SMARTS) is 1. The van der Waals surface area contributed by atoms with E-state index in [1.807, 2.05) is 11.9 Å². The Balaban J connectivity index is 2.78. The first kappa shape index (κ1) is 12.4. The summed E-state index contributed by atoms with van der Waals surface area (Å²) in [4.78, 5) is 20.4. The minimum atomic E-state index is -1.06.